The zero-order valence-corrected chi connectivity index (χ0v) is 26.3. The summed E-state index contributed by atoms with van der Waals surface area (Å²) in [4.78, 5) is 19.8. The van der Waals surface area contributed by atoms with Gasteiger partial charge in [-0.15, -0.1) is 0 Å². The lowest BCUT2D eigenvalue weighted by molar-refractivity contribution is -0.143. The quantitative estimate of drug-likeness (QED) is 0.0975. The molecule has 0 saturated heterocycles. The van der Waals surface area contributed by atoms with Gasteiger partial charge in [0.2, 0.25) is 0 Å². The highest BCUT2D eigenvalue weighted by atomic mass is 16.5. The third-order valence-electron chi connectivity index (χ3n) is 11.7. The summed E-state index contributed by atoms with van der Waals surface area (Å²) in [6.07, 6.45) is 11.2. The van der Waals surface area contributed by atoms with Crippen molar-refractivity contribution in [3.63, 3.8) is 0 Å². The normalized spacial score (nSPS) is 39.1. The highest BCUT2D eigenvalue weighted by molar-refractivity contribution is 5.92. The number of guanidine groups is 1. The van der Waals surface area contributed by atoms with E-state index in [0.29, 0.717) is 51.0 Å². The molecule has 5 rings (SSSR count). The summed E-state index contributed by atoms with van der Waals surface area (Å²) < 4.78 is 6.42. The second-order valence-corrected chi connectivity index (χ2v) is 13.7. The number of carboxylic acids is 1. The Morgan fingerprint density at radius 1 is 1.23 bits per heavy atom. The largest absolute Gasteiger partial charge is 0.478 e. The first kappa shape index (κ1) is 32.4. The summed E-state index contributed by atoms with van der Waals surface area (Å²) in [5.74, 6) is -0.0934. The predicted molar refractivity (Wildman–Crippen MR) is 166 cm³/mol. The van der Waals surface area contributed by atoms with Crippen LogP contribution in [0.5, 0.6) is 0 Å². The Kier molecular flexibility index (Phi) is 9.90. The number of likely N-dealkylation sites (N-methyl/N-ethyl adjacent to an activating group) is 1. The maximum absolute atomic E-state index is 13.1. The number of nitrogens with one attached hydrogen (secondary N) is 3. The smallest absolute Gasteiger partial charge is 0.334 e. The SMILES string of the molecule is CNCCN=C(N)N1C=CC(CNCCO)C2(C1)C1CCC(C)C23CC(O)(COC2CCCC(NC)C2)C(C(=O)O)=C3C1. The molecular weight excluding hydrogens is 548 g/mol. The molecule has 2 bridgehead atoms. The van der Waals surface area contributed by atoms with Crippen molar-refractivity contribution in [1.82, 2.24) is 20.9 Å². The number of aliphatic imine (C=N–C) groups is 1. The molecule has 242 valence electrons. The Morgan fingerprint density at radius 2 is 2.05 bits per heavy atom. The molecule has 3 fully saturated rings. The van der Waals surface area contributed by atoms with E-state index in [2.05, 4.69) is 33.9 Å². The molecule has 0 aromatic carbocycles. The minimum absolute atomic E-state index is 0.00384. The first-order valence-electron chi connectivity index (χ1n) is 16.4. The first-order valence-corrected chi connectivity index (χ1v) is 16.4. The Bertz CT molecular complexity index is 1110. The van der Waals surface area contributed by atoms with Crippen LogP contribution in [0.3, 0.4) is 0 Å². The van der Waals surface area contributed by atoms with Crippen molar-refractivity contribution in [2.75, 3.05) is 60.0 Å². The highest BCUT2D eigenvalue weighted by Gasteiger charge is 2.75. The van der Waals surface area contributed by atoms with Crippen molar-refractivity contribution < 1.29 is 24.9 Å². The van der Waals surface area contributed by atoms with Gasteiger partial charge < -0.3 is 46.6 Å². The van der Waals surface area contributed by atoms with Gasteiger partial charge in [-0.25, -0.2) is 4.79 Å². The van der Waals surface area contributed by atoms with Gasteiger partial charge in [0.05, 0.1) is 31.4 Å². The lowest BCUT2D eigenvalue weighted by Crippen LogP contribution is -2.62. The van der Waals surface area contributed by atoms with Gasteiger partial charge in [0.1, 0.15) is 5.60 Å². The van der Waals surface area contributed by atoms with Gasteiger partial charge in [0.25, 0.3) is 0 Å². The summed E-state index contributed by atoms with van der Waals surface area (Å²) in [5.41, 5.74) is 5.20. The zero-order valence-electron chi connectivity index (χ0n) is 26.3. The van der Waals surface area contributed by atoms with Crippen molar-refractivity contribution in [3.8, 4) is 0 Å². The maximum atomic E-state index is 13.1. The minimum atomic E-state index is -1.57. The molecule has 1 heterocycles. The van der Waals surface area contributed by atoms with E-state index < -0.39 is 17.0 Å². The lowest BCUT2D eigenvalue weighted by Gasteiger charge is -2.61. The Balaban J connectivity index is 1.54. The monoisotopic (exact) mass is 602 g/mol. The minimum Gasteiger partial charge on any atom is -0.478 e. The van der Waals surface area contributed by atoms with E-state index in [9.17, 15) is 20.1 Å². The number of hydrogen-bond acceptors (Lipinski definition) is 8. The molecule has 8 N–H and O–H groups in total. The summed E-state index contributed by atoms with van der Waals surface area (Å²) in [7, 11) is 3.86. The maximum Gasteiger partial charge on any atom is 0.334 e. The number of allylic oxidation sites excluding steroid dienone is 1. The molecule has 0 aromatic rings. The molecule has 8 unspecified atom stereocenters. The van der Waals surface area contributed by atoms with E-state index in [0.717, 1.165) is 50.6 Å². The number of aliphatic carboxylic acids is 1. The van der Waals surface area contributed by atoms with Crippen LogP contribution in [0.15, 0.2) is 28.4 Å². The fourth-order valence-electron chi connectivity index (χ4n) is 9.79. The third-order valence-corrected chi connectivity index (χ3v) is 11.7. The number of carbonyl (C=O) groups is 1. The molecule has 0 aromatic heterocycles. The Morgan fingerprint density at radius 3 is 2.77 bits per heavy atom. The van der Waals surface area contributed by atoms with Crippen LogP contribution in [0.1, 0.15) is 58.3 Å². The summed E-state index contributed by atoms with van der Waals surface area (Å²) in [6, 6.07) is 0.377. The van der Waals surface area contributed by atoms with E-state index >= 15 is 0 Å². The number of nitrogens with two attached hydrogens (primary N) is 1. The van der Waals surface area contributed by atoms with E-state index in [-0.39, 0.29) is 48.1 Å². The van der Waals surface area contributed by atoms with Crippen molar-refractivity contribution in [2.24, 2.45) is 39.3 Å². The van der Waals surface area contributed by atoms with Gasteiger partial charge in [0.15, 0.2) is 5.96 Å². The van der Waals surface area contributed by atoms with Crippen LogP contribution in [0.2, 0.25) is 0 Å². The number of rotatable bonds is 12. The van der Waals surface area contributed by atoms with Gasteiger partial charge in [0, 0.05) is 49.3 Å². The second-order valence-electron chi connectivity index (χ2n) is 13.7. The standard InChI is InChI=1S/C32H54N6O5/c1-21-7-8-22-15-26-27(28(40)41)30(42,20-43-25-6-4-5-24(16-25)35-3)18-31(21,26)32(22)19-38(29(33)37-11-10-34-2)13-9-23(32)17-36-12-14-39/h9,13,21-25,34-36,39,42H,4-8,10-12,14-20H2,1-3H3,(H2,33,37)(H,40,41). The van der Waals surface area contributed by atoms with Crippen LogP contribution in [0.4, 0.5) is 0 Å². The number of nitrogens with zero attached hydrogens (tertiary/aromatic N) is 2. The fraction of sp³-hybridized carbons (Fsp3) is 0.812. The van der Waals surface area contributed by atoms with Gasteiger partial charge >= 0.3 is 5.97 Å². The van der Waals surface area contributed by atoms with Crippen LogP contribution < -0.4 is 21.7 Å². The Hall–Kier alpha value is -2.02. The van der Waals surface area contributed by atoms with Crippen LogP contribution in [0.25, 0.3) is 0 Å². The number of hydrogen-bond donors (Lipinski definition) is 7. The van der Waals surface area contributed by atoms with Gasteiger partial charge in [-0.05, 0) is 88.8 Å². The van der Waals surface area contributed by atoms with Crippen LogP contribution in [-0.4, -0.2) is 110 Å². The topological polar surface area (TPSA) is 165 Å². The van der Waals surface area contributed by atoms with Gasteiger partial charge in [-0.2, -0.15) is 0 Å². The molecule has 4 aliphatic carbocycles. The van der Waals surface area contributed by atoms with E-state index in [1.165, 1.54) is 0 Å². The van der Waals surface area contributed by atoms with Gasteiger partial charge in [-0.1, -0.05) is 13.0 Å². The molecule has 0 amide bonds. The summed E-state index contributed by atoms with van der Waals surface area (Å²) in [5, 5.41) is 42.6. The van der Waals surface area contributed by atoms with E-state index in [1.807, 2.05) is 25.2 Å². The van der Waals surface area contributed by atoms with Crippen LogP contribution in [0, 0.1) is 28.6 Å². The third kappa shape index (κ3) is 5.55. The number of ether oxygens (including phenoxy) is 1. The predicted octanol–water partition coefficient (Wildman–Crippen LogP) is 1.03. The summed E-state index contributed by atoms with van der Waals surface area (Å²) >= 11 is 0. The molecule has 1 aliphatic heterocycles. The Labute approximate surface area is 256 Å². The molecule has 11 heteroatoms. The van der Waals surface area contributed by atoms with Crippen molar-refractivity contribution >= 4 is 11.9 Å². The highest BCUT2D eigenvalue weighted by Crippen LogP contribution is 2.77. The zero-order chi connectivity index (χ0) is 30.8. The fourth-order valence-corrected chi connectivity index (χ4v) is 9.79. The lowest BCUT2D eigenvalue weighted by atomic mass is 9.46. The molecule has 5 aliphatic rings. The number of carboxylic acid groups (broad SMARTS) is 1. The van der Waals surface area contributed by atoms with Crippen molar-refractivity contribution in [2.45, 2.75) is 76.0 Å². The van der Waals surface area contributed by atoms with Crippen molar-refractivity contribution in [3.05, 3.63) is 23.4 Å². The number of aliphatic hydroxyl groups is 2. The molecular formula is C32H54N6O5. The molecule has 8 atom stereocenters. The van der Waals surface area contributed by atoms with Gasteiger partial charge in [-0.3, -0.25) is 4.99 Å². The summed E-state index contributed by atoms with van der Waals surface area (Å²) in [6.45, 7) is 5.33. The van der Waals surface area contributed by atoms with E-state index in [4.69, 9.17) is 10.5 Å². The average Bonchev–Trinajstić information content (AvgIpc) is 3.34. The van der Waals surface area contributed by atoms with Crippen LogP contribution in [-0.2, 0) is 9.53 Å². The molecule has 2 spiro atoms. The molecule has 0 radical (unpaired) electrons. The first-order chi connectivity index (χ1) is 20.7. The molecule has 11 nitrogen and oxygen atoms in total. The number of aliphatic hydroxyl groups excluding tert-OH is 1. The average molecular weight is 603 g/mol. The second kappa shape index (κ2) is 13.1. The van der Waals surface area contributed by atoms with E-state index in [1.54, 1.807) is 0 Å². The van der Waals surface area contributed by atoms with Crippen molar-refractivity contribution in [1.29, 1.82) is 0 Å². The molecule has 3 saturated carbocycles. The van der Waals surface area contributed by atoms with Crippen LogP contribution >= 0.6 is 0 Å². The molecule has 43 heavy (non-hydrogen) atoms.